The summed E-state index contributed by atoms with van der Waals surface area (Å²) in [6, 6.07) is 0. The van der Waals surface area contributed by atoms with Crippen molar-refractivity contribution in [1.82, 2.24) is 10.2 Å². The summed E-state index contributed by atoms with van der Waals surface area (Å²) in [6.07, 6.45) is 3.54. The van der Waals surface area contributed by atoms with Crippen LogP contribution in [0.2, 0.25) is 0 Å². The van der Waals surface area contributed by atoms with E-state index >= 15 is 0 Å². The average Bonchev–Trinajstić information content (AvgIpc) is 2.47. The largest absolute Gasteiger partial charge is 0.375 e. The lowest BCUT2D eigenvalue weighted by molar-refractivity contribution is -0.151. The summed E-state index contributed by atoms with van der Waals surface area (Å²) in [7, 11) is 0. The highest BCUT2D eigenvalue weighted by Crippen LogP contribution is 2.34. The monoisotopic (exact) mass is 268 g/mol. The first-order valence-electron chi connectivity index (χ1n) is 7.67. The summed E-state index contributed by atoms with van der Waals surface area (Å²) in [5.41, 5.74) is -0.261. The van der Waals surface area contributed by atoms with Crippen LogP contribution < -0.4 is 5.32 Å². The number of morpholine rings is 1. The Morgan fingerprint density at radius 3 is 2.89 bits per heavy atom. The van der Waals surface area contributed by atoms with Crippen molar-refractivity contribution in [2.24, 2.45) is 11.3 Å². The van der Waals surface area contributed by atoms with Crippen molar-refractivity contribution in [1.29, 1.82) is 0 Å². The molecule has 1 amide bonds. The number of ether oxygens (including phenoxy) is 1. The van der Waals surface area contributed by atoms with Gasteiger partial charge < -0.3 is 15.0 Å². The van der Waals surface area contributed by atoms with Gasteiger partial charge in [0.2, 0.25) is 5.91 Å². The van der Waals surface area contributed by atoms with Gasteiger partial charge in [-0.25, -0.2) is 0 Å². The molecule has 4 nitrogen and oxygen atoms in total. The molecule has 110 valence electrons. The van der Waals surface area contributed by atoms with E-state index in [-0.39, 0.29) is 11.5 Å². The zero-order valence-corrected chi connectivity index (χ0v) is 12.6. The average molecular weight is 268 g/mol. The van der Waals surface area contributed by atoms with E-state index in [4.69, 9.17) is 4.74 Å². The number of nitrogens with zero attached hydrogens (tertiary/aromatic N) is 1. The number of hydrogen-bond donors (Lipinski definition) is 1. The lowest BCUT2D eigenvalue weighted by Crippen LogP contribution is -2.53. The summed E-state index contributed by atoms with van der Waals surface area (Å²) in [4.78, 5) is 14.8. The van der Waals surface area contributed by atoms with Gasteiger partial charge in [-0.05, 0) is 38.3 Å². The Labute approximate surface area is 116 Å². The van der Waals surface area contributed by atoms with Crippen molar-refractivity contribution >= 4 is 5.91 Å². The van der Waals surface area contributed by atoms with Crippen LogP contribution >= 0.6 is 0 Å². The summed E-state index contributed by atoms with van der Waals surface area (Å²) in [5.74, 6) is 0.764. The molecule has 0 bridgehead atoms. The number of carbonyl (C=O) groups is 1. The standard InChI is InChI=1S/C15H28N2O2/c1-4-13-11-17(8-9-19-13)14(18)15(2,3)12-6-5-7-16-10-12/h12-13,16H,4-11H2,1-3H3. The third-order valence-electron chi connectivity index (χ3n) is 4.75. The SMILES string of the molecule is CCC1CN(C(=O)C(C)(C)C2CCCNC2)CCO1. The molecule has 2 aliphatic rings. The molecule has 4 heteroatoms. The van der Waals surface area contributed by atoms with Crippen LogP contribution in [-0.2, 0) is 9.53 Å². The quantitative estimate of drug-likeness (QED) is 0.846. The fraction of sp³-hybridized carbons (Fsp3) is 0.933. The van der Waals surface area contributed by atoms with Gasteiger partial charge in [-0.1, -0.05) is 20.8 Å². The fourth-order valence-electron chi connectivity index (χ4n) is 3.20. The summed E-state index contributed by atoms with van der Waals surface area (Å²) in [6.45, 7) is 10.6. The molecule has 2 unspecified atom stereocenters. The van der Waals surface area contributed by atoms with E-state index in [0.29, 0.717) is 18.4 Å². The summed E-state index contributed by atoms with van der Waals surface area (Å²) in [5, 5.41) is 3.42. The van der Waals surface area contributed by atoms with Gasteiger partial charge >= 0.3 is 0 Å². The van der Waals surface area contributed by atoms with Crippen molar-refractivity contribution in [3.8, 4) is 0 Å². The molecular formula is C15H28N2O2. The van der Waals surface area contributed by atoms with E-state index in [0.717, 1.165) is 39.0 Å². The van der Waals surface area contributed by atoms with Crippen LogP contribution in [0.25, 0.3) is 0 Å². The lowest BCUT2D eigenvalue weighted by Gasteiger charge is -2.42. The second-order valence-corrected chi connectivity index (χ2v) is 6.42. The smallest absolute Gasteiger partial charge is 0.228 e. The number of piperidine rings is 1. The van der Waals surface area contributed by atoms with Gasteiger partial charge in [-0.15, -0.1) is 0 Å². The van der Waals surface area contributed by atoms with Gasteiger partial charge in [-0.3, -0.25) is 4.79 Å². The van der Waals surface area contributed by atoms with E-state index in [1.54, 1.807) is 0 Å². The van der Waals surface area contributed by atoms with Crippen molar-refractivity contribution < 1.29 is 9.53 Å². The highest BCUT2D eigenvalue weighted by atomic mass is 16.5. The van der Waals surface area contributed by atoms with Crippen molar-refractivity contribution in [3.05, 3.63) is 0 Å². The van der Waals surface area contributed by atoms with E-state index in [2.05, 4.69) is 26.1 Å². The molecule has 0 aromatic heterocycles. The first kappa shape index (κ1) is 14.8. The zero-order valence-electron chi connectivity index (χ0n) is 12.6. The first-order valence-corrected chi connectivity index (χ1v) is 7.67. The predicted octanol–water partition coefficient (Wildman–Crippen LogP) is 1.65. The van der Waals surface area contributed by atoms with Gasteiger partial charge in [0.1, 0.15) is 0 Å². The van der Waals surface area contributed by atoms with Crippen LogP contribution in [0.3, 0.4) is 0 Å². The molecular weight excluding hydrogens is 240 g/mol. The third-order valence-corrected chi connectivity index (χ3v) is 4.75. The number of carbonyl (C=O) groups excluding carboxylic acids is 1. The van der Waals surface area contributed by atoms with Crippen LogP contribution in [0.1, 0.15) is 40.0 Å². The number of hydrogen-bond acceptors (Lipinski definition) is 3. The maximum Gasteiger partial charge on any atom is 0.228 e. The highest BCUT2D eigenvalue weighted by Gasteiger charge is 2.40. The van der Waals surface area contributed by atoms with Crippen LogP contribution in [0.15, 0.2) is 0 Å². The lowest BCUT2D eigenvalue weighted by atomic mass is 9.74. The molecule has 0 radical (unpaired) electrons. The molecule has 0 aromatic rings. The minimum absolute atomic E-state index is 0.220. The molecule has 2 fully saturated rings. The molecule has 0 spiro atoms. The Kier molecular flexibility index (Phi) is 4.85. The molecule has 0 aliphatic carbocycles. The number of amides is 1. The van der Waals surface area contributed by atoms with Gasteiger partial charge in [0.25, 0.3) is 0 Å². The minimum Gasteiger partial charge on any atom is -0.375 e. The maximum atomic E-state index is 12.8. The predicted molar refractivity (Wildman–Crippen MR) is 76.0 cm³/mol. The van der Waals surface area contributed by atoms with Gasteiger partial charge in [0.05, 0.1) is 12.7 Å². The minimum atomic E-state index is -0.261. The van der Waals surface area contributed by atoms with E-state index in [9.17, 15) is 4.79 Å². The van der Waals surface area contributed by atoms with Crippen LogP contribution in [-0.4, -0.2) is 49.7 Å². The van der Waals surface area contributed by atoms with E-state index < -0.39 is 0 Å². The number of rotatable bonds is 3. The van der Waals surface area contributed by atoms with Crippen molar-refractivity contribution in [2.75, 3.05) is 32.8 Å². The Morgan fingerprint density at radius 2 is 2.26 bits per heavy atom. The Balaban J connectivity index is 2.00. The molecule has 2 aliphatic heterocycles. The molecule has 19 heavy (non-hydrogen) atoms. The fourth-order valence-corrected chi connectivity index (χ4v) is 3.20. The Morgan fingerprint density at radius 1 is 1.47 bits per heavy atom. The molecule has 2 rings (SSSR count). The van der Waals surface area contributed by atoms with Crippen LogP contribution in [0.5, 0.6) is 0 Å². The summed E-state index contributed by atoms with van der Waals surface area (Å²) < 4.78 is 5.66. The number of nitrogens with one attached hydrogen (secondary N) is 1. The van der Waals surface area contributed by atoms with Gasteiger partial charge in [0, 0.05) is 18.5 Å². The molecule has 0 saturated carbocycles. The van der Waals surface area contributed by atoms with E-state index in [1.807, 2.05) is 4.90 Å². The van der Waals surface area contributed by atoms with Crippen LogP contribution in [0.4, 0.5) is 0 Å². The maximum absolute atomic E-state index is 12.8. The van der Waals surface area contributed by atoms with E-state index in [1.165, 1.54) is 6.42 Å². The third kappa shape index (κ3) is 3.29. The molecule has 1 N–H and O–H groups in total. The van der Waals surface area contributed by atoms with Gasteiger partial charge in [0.15, 0.2) is 0 Å². The zero-order chi connectivity index (χ0) is 13.9. The first-order chi connectivity index (χ1) is 9.05. The van der Waals surface area contributed by atoms with Crippen molar-refractivity contribution in [2.45, 2.75) is 46.1 Å². The van der Waals surface area contributed by atoms with Gasteiger partial charge in [-0.2, -0.15) is 0 Å². The Bertz CT molecular complexity index is 311. The molecule has 2 atom stereocenters. The highest BCUT2D eigenvalue weighted by molar-refractivity contribution is 5.82. The van der Waals surface area contributed by atoms with Crippen LogP contribution in [0, 0.1) is 11.3 Å². The Hall–Kier alpha value is -0.610. The summed E-state index contributed by atoms with van der Waals surface area (Å²) >= 11 is 0. The second-order valence-electron chi connectivity index (χ2n) is 6.42. The second kappa shape index (κ2) is 6.23. The van der Waals surface area contributed by atoms with Crippen molar-refractivity contribution in [3.63, 3.8) is 0 Å². The topological polar surface area (TPSA) is 41.6 Å². The normalized spacial score (nSPS) is 29.3. The molecule has 0 aromatic carbocycles. The molecule has 2 saturated heterocycles. The molecule has 2 heterocycles.